The number of nitrogens with zero attached hydrogens (tertiary/aromatic N) is 2. The van der Waals surface area contributed by atoms with Gasteiger partial charge < -0.3 is 5.11 Å². The summed E-state index contributed by atoms with van der Waals surface area (Å²) < 4.78 is 25.7. The first-order valence-corrected chi connectivity index (χ1v) is 4.61. The van der Waals surface area contributed by atoms with Crippen LogP contribution in [0, 0.1) is 6.85 Å². The van der Waals surface area contributed by atoms with Crippen LogP contribution in [-0.4, -0.2) is 9.67 Å². The zero-order chi connectivity index (χ0) is 12.3. The molecule has 3 heteroatoms. The molecule has 1 aromatic heterocycles. The fraction of sp³-hybridized carbons (Fsp3) is 0.700. The zero-order valence-corrected chi connectivity index (χ0v) is 8.25. The van der Waals surface area contributed by atoms with Crippen molar-refractivity contribution >= 4 is 0 Å². The molecule has 0 saturated carbocycles. The first-order valence-electron chi connectivity index (χ1n) is 6.11. The van der Waals surface area contributed by atoms with Gasteiger partial charge in [-0.1, -0.05) is 13.3 Å². The zero-order valence-electron chi connectivity index (χ0n) is 11.2. The molecule has 0 aromatic carbocycles. The SMILES string of the molecule is [2H]C([2H])([2H])c1n(C)c(CO)c[n+]1CCCC. The van der Waals surface area contributed by atoms with Crippen molar-refractivity contribution in [2.45, 2.75) is 39.8 Å². The number of aliphatic hydroxyl groups excluding tert-OH is 1. The summed E-state index contributed by atoms with van der Waals surface area (Å²) in [4.78, 5) is 0. The van der Waals surface area contributed by atoms with Gasteiger partial charge in [0, 0.05) is 11.0 Å². The molecule has 0 unspecified atom stereocenters. The van der Waals surface area contributed by atoms with Crippen LogP contribution in [0.25, 0.3) is 0 Å². The minimum Gasteiger partial charge on any atom is -0.388 e. The van der Waals surface area contributed by atoms with Gasteiger partial charge in [0.05, 0.1) is 13.6 Å². The largest absolute Gasteiger partial charge is 0.388 e. The van der Waals surface area contributed by atoms with Crippen LogP contribution < -0.4 is 4.57 Å². The first-order chi connectivity index (χ1) is 7.41. The Balaban J connectivity index is 3.15. The van der Waals surface area contributed by atoms with Crippen molar-refractivity contribution < 1.29 is 13.8 Å². The van der Waals surface area contributed by atoms with Crippen LogP contribution in [0.4, 0.5) is 0 Å². The van der Waals surface area contributed by atoms with Gasteiger partial charge >= 0.3 is 0 Å². The Kier molecular flexibility index (Phi) is 2.24. The molecule has 0 aliphatic rings. The molecule has 0 radical (unpaired) electrons. The lowest BCUT2D eigenvalue weighted by Crippen LogP contribution is -2.35. The summed E-state index contributed by atoms with van der Waals surface area (Å²) in [6.07, 6.45) is 3.66. The molecule has 1 N–H and O–H groups in total. The van der Waals surface area contributed by atoms with E-state index in [9.17, 15) is 0 Å². The van der Waals surface area contributed by atoms with Crippen LogP contribution in [0.1, 0.15) is 35.4 Å². The minimum atomic E-state index is -2.14. The first kappa shape index (κ1) is 6.60. The van der Waals surface area contributed by atoms with Gasteiger partial charge in [-0.3, -0.25) is 0 Å². The van der Waals surface area contributed by atoms with Crippen molar-refractivity contribution in [1.29, 1.82) is 0 Å². The topological polar surface area (TPSA) is 29.0 Å². The number of aryl methyl sites for hydroxylation is 1. The van der Waals surface area contributed by atoms with Crippen LogP contribution in [0.2, 0.25) is 0 Å². The number of hydrogen-bond acceptors (Lipinski definition) is 1. The molecule has 0 amide bonds. The highest BCUT2D eigenvalue weighted by molar-refractivity contribution is 4.95. The average molecular weight is 186 g/mol. The molecule has 3 nitrogen and oxygen atoms in total. The van der Waals surface area contributed by atoms with E-state index in [-0.39, 0.29) is 12.4 Å². The number of rotatable bonds is 4. The van der Waals surface area contributed by atoms with Crippen molar-refractivity contribution in [2.24, 2.45) is 7.05 Å². The van der Waals surface area contributed by atoms with Crippen molar-refractivity contribution in [3.05, 3.63) is 17.7 Å². The second-order valence-corrected chi connectivity index (χ2v) is 3.21. The predicted octanol–water partition coefficient (Wildman–Crippen LogP) is 0.913. The molecule has 0 aliphatic heterocycles. The maximum atomic E-state index is 9.13. The van der Waals surface area contributed by atoms with Crippen molar-refractivity contribution in [1.82, 2.24) is 4.57 Å². The number of hydrogen-bond donors (Lipinski definition) is 1. The van der Waals surface area contributed by atoms with Crippen molar-refractivity contribution in [3.63, 3.8) is 0 Å². The maximum Gasteiger partial charge on any atom is 0.253 e. The van der Waals surface area contributed by atoms with Gasteiger partial charge in [-0.25, -0.2) is 9.13 Å². The van der Waals surface area contributed by atoms with E-state index in [1.54, 1.807) is 22.4 Å². The standard InChI is InChI=1S/C10H19N2O/c1-4-5-6-12-7-10(8-13)11(3)9(12)2/h7,13H,4-6,8H2,1-3H3/q+1/i2D3. The Morgan fingerprint density at radius 1 is 1.69 bits per heavy atom. The molecule has 74 valence electrons. The van der Waals surface area contributed by atoms with Gasteiger partial charge in [0.1, 0.15) is 12.8 Å². The van der Waals surface area contributed by atoms with E-state index in [1.807, 2.05) is 0 Å². The number of aliphatic hydroxyl groups is 1. The van der Waals surface area contributed by atoms with Crippen LogP contribution in [0.3, 0.4) is 0 Å². The maximum absolute atomic E-state index is 9.13. The highest BCUT2D eigenvalue weighted by Crippen LogP contribution is 2.00. The molecule has 1 aromatic rings. The lowest BCUT2D eigenvalue weighted by atomic mass is 10.3. The Bertz CT molecular complexity index is 358. The molecule has 0 aliphatic carbocycles. The normalized spacial score (nSPS) is 15.2. The number of unbranched alkanes of at least 4 members (excludes halogenated alkanes) is 1. The van der Waals surface area contributed by atoms with E-state index in [0.717, 1.165) is 12.8 Å². The second kappa shape index (κ2) is 4.42. The molecular weight excluding hydrogens is 164 g/mol. The smallest absolute Gasteiger partial charge is 0.253 e. The molecule has 0 atom stereocenters. The van der Waals surface area contributed by atoms with Gasteiger partial charge in [0.15, 0.2) is 5.69 Å². The Hall–Kier alpha value is -0.830. The average Bonchev–Trinajstić information content (AvgIpc) is 2.51. The third-order valence-corrected chi connectivity index (χ3v) is 2.24. The summed E-state index contributed by atoms with van der Waals surface area (Å²) >= 11 is 0. The van der Waals surface area contributed by atoms with E-state index >= 15 is 0 Å². The summed E-state index contributed by atoms with van der Waals surface area (Å²) in [6.45, 7) is 0.456. The molecular formula is C10H19N2O+. The number of imidazole rings is 1. The van der Waals surface area contributed by atoms with E-state index < -0.39 is 6.85 Å². The predicted molar refractivity (Wildman–Crippen MR) is 51.2 cm³/mol. The Labute approximate surface area is 83.8 Å². The quantitative estimate of drug-likeness (QED) is 0.696. The third kappa shape index (κ3) is 2.10. The van der Waals surface area contributed by atoms with Crippen LogP contribution in [0.15, 0.2) is 6.20 Å². The van der Waals surface area contributed by atoms with Gasteiger partial charge in [0.25, 0.3) is 5.82 Å². The molecule has 0 bridgehead atoms. The molecule has 0 spiro atoms. The van der Waals surface area contributed by atoms with Gasteiger partial charge in [-0.15, -0.1) is 0 Å². The summed E-state index contributed by atoms with van der Waals surface area (Å²) in [5.74, 6) is 0.282. The van der Waals surface area contributed by atoms with Crippen LogP contribution in [-0.2, 0) is 20.2 Å². The fourth-order valence-electron chi connectivity index (χ4n) is 1.30. The van der Waals surface area contributed by atoms with Crippen LogP contribution in [0.5, 0.6) is 0 Å². The summed E-state index contributed by atoms with van der Waals surface area (Å²) in [6, 6.07) is 0. The summed E-state index contributed by atoms with van der Waals surface area (Å²) in [5.41, 5.74) is 0.627. The fourth-order valence-corrected chi connectivity index (χ4v) is 1.30. The number of aromatic nitrogens is 2. The van der Waals surface area contributed by atoms with Crippen molar-refractivity contribution in [2.75, 3.05) is 0 Å². The Morgan fingerprint density at radius 3 is 3.00 bits per heavy atom. The van der Waals surface area contributed by atoms with Gasteiger partial charge in [0.2, 0.25) is 0 Å². The van der Waals surface area contributed by atoms with Gasteiger partial charge in [-0.05, 0) is 6.42 Å². The van der Waals surface area contributed by atoms with E-state index in [0.29, 0.717) is 12.2 Å². The van der Waals surface area contributed by atoms with Gasteiger partial charge in [-0.2, -0.15) is 0 Å². The van der Waals surface area contributed by atoms with E-state index in [2.05, 4.69) is 6.92 Å². The van der Waals surface area contributed by atoms with E-state index in [4.69, 9.17) is 9.22 Å². The monoisotopic (exact) mass is 186 g/mol. The highest BCUT2D eigenvalue weighted by atomic mass is 16.3. The summed E-state index contributed by atoms with van der Waals surface area (Å²) in [5, 5.41) is 9.13. The molecule has 13 heavy (non-hydrogen) atoms. The second-order valence-electron chi connectivity index (χ2n) is 3.21. The summed E-state index contributed by atoms with van der Waals surface area (Å²) in [7, 11) is 1.68. The molecule has 0 fully saturated rings. The van der Waals surface area contributed by atoms with Crippen LogP contribution >= 0.6 is 0 Å². The lowest BCUT2D eigenvalue weighted by molar-refractivity contribution is -0.702. The molecule has 1 rings (SSSR count). The van der Waals surface area contributed by atoms with E-state index in [1.165, 1.54) is 0 Å². The Morgan fingerprint density at radius 2 is 2.46 bits per heavy atom. The third-order valence-electron chi connectivity index (χ3n) is 2.24. The lowest BCUT2D eigenvalue weighted by Gasteiger charge is -1.95. The minimum absolute atomic E-state index is 0.140. The highest BCUT2D eigenvalue weighted by Gasteiger charge is 2.14. The van der Waals surface area contributed by atoms with Crippen molar-refractivity contribution in [3.8, 4) is 0 Å². The molecule has 0 saturated heterocycles. The molecule has 1 heterocycles.